The van der Waals surface area contributed by atoms with E-state index in [1.807, 2.05) is 12.1 Å². The van der Waals surface area contributed by atoms with Crippen LogP contribution in [0.25, 0.3) is 0 Å². The Hall–Kier alpha value is -1.80. The van der Waals surface area contributed by atoms with Crippen LogP contribution in [-0.2, 0) is 17.6 Å². The van der Waals surface area contributed by atoms with E-state index in [0.717, 1.165) is 18.6 Å². The van der Waals surface area contributed by atoms with Crippen LogP contribution in [-0.4, -0.2) is 13.9 Å². The zero-order valence-corrected chi connectivity index (χ0v) is 12.2. The lowest BCUT2D eigenvalue weighted by Crippen LogP contribution is -2.04. The predicted molar refractivity (Wildman–Crippen MR) is 82.0 cm³/mol. The molecule has 2 nitrogen and oxygen atoms in total. The summed E-state index contributed by atoms with van der Waals surface area (Å²) in [6, 6.07) is 18.9. The van der Waals surface area contributed by atoms with Crippen molar-refractivity contribution in [1.82, 2.24) is 0 Å². The lowest BCUT2D eigenvalue weighted by Gasteiger charge is -2.13. The molecule has 0 heterocycles. The predicted octanol–water partition coefficient (Wildman–Crippen LogP) is 4.09. The quantitative estimate of drug-likeness (QED) is 0.705. The summed E-state index contributed by atoms with van der Waals surface area (Å²) < 4.78 is 10.4. The summed E-state index contributed by atoms with van der Waals surface area (Å²) >= 11 is 0. The van der Waals surface area contributed by atoms with Crippen LogP contribution in [0.2, 0.25) is 0 Å². The third kappa shape index (κ3) is 4.71. The molecule has 2 rings (SSSR count). The minimum atomic E-state index is 0.295. The average Bonchev–Trinajstić information content (AvgIpc) is 2.46. The molecule has 0 saturated heterocycles. The molecule has 2 aromatic rings. The molecule has 0 N–H and O–H groups in total. The molecule has 0 aliphatic heterocycles. The van der Waals surface area contributed by atoms with E-state index in [0.29, 0.717) is 12.7 Å². The monoisotopic (exact) mass is 270 g/mol. The first-order chi connectivity index (χ1) is 9.78. The molecule has 0 spiro atoms. The molecular weight excluding hydrogens is 248 g/mol. The van der Waals surface area contributed by atoms with E-state index in [1.165, 1.54) is 11.1 Å². The normalized spacial score (nSPS) is 12.1. The van der Waals surface area contributed by atoms with Gasteiger partial charge < -0.3 is 9.47 Å². The number of benzene rings is 2. The summed E-state index contributed by atoms with van der Waals surface area (Å²) in [4.78, 5) is 0. The van der Waals surface area contributed by atoms with Crippen LogP contribution in [0.4, 0.5) is 0 Å². The van der Waals surface area contributed by atoms with E-state index in [4.69, 9.17) is 9.47 Å². The van der Waals surface area contributed by atoms with E-state index in [2.05, 4.69) is 49.4 Å². The average molecular weight is 270 g/mol. The fraction of sp³-hybridized carbons (Fsp3) is 0.333. The Morgan fingerprint density at radius 1 is 0.900 bits per heavy atom. The number of rotatable bonds is 7. The Bertz CT molecular complexity index is 508. The second-order valence-corrected chi connectivity index (χ2v) is 5.20. The third-order valence-corrected chi connectivity index (χ3v) is 3.25. The van der Waals surface area contributed by atoms with Crippen molar-refractivity contribution < 1.29 is 9.47 Å². The maximum atomic E-state index is 5.47. The highest BCUT2D eigenvalue weighted by Gasteiger charge is 2.06. The van der Waals surface area contributed by atoms with Gasteiger partial charge in [0.25, 0.3) is 0 Å². The minimum absolute atomic E-state index is 0.295. The maximum absolute atomic E-state index is 5.47. The second kappa shape index (κ2) is 7.71. The Morgan fingerprint density at radius 3 is 2.35 bits per heavy atom. The first-order valence-corrected chi connectivity index (χ1v) is 7.02. The van der Waals surface area contributed by atoms with Crippen molar-refractivity contribution in [2.24, 2.45) is 5.92 Å². The molecule has 0 aliphatic rings. The third-order valence-electron chi connectivity index (χ3n) is 3.25. The summed E-state index contributed by atoms with van der Waals surface area (Å²) in [7, 11) is 1.63. The summed E-state index contributed by atoms with van der Waals surface area (Å²) in [5, 5.41) is 0. The highest BCUT2D eigenvalue weighted by molar-refractivity contribution is 5.29. The molecule has 0 saturated carbocycles. The molecule has 0 fully saturated rings. The number of hydrogen-bond acceptors (Lipinski definition) is 2. The van der Waals surface area contributed by atoms with Crippen molar-refractivity contribution in [2.45, 2.75) is 19.8 Å². The largest absolute Gasteiger partial charge is 0.468 e. The Balaban J connectivity index is 1.92. The number of ether oxygens (including phenoxy) is 2. The van der Waals surface area contributed by atoms with E-state index >= 15 is 0 Å². The van der Waals surface area contributed by atoms with Crippen molar-refractivity contribution >= 4 is 0 Å². The van der Waals surface area contributed by atoms with Gasteiger partial charge in [-0.05, 0) is 42.0 Å². The van der Waals surface area contributed by atoms with Crippen molar-refractivity contribution in [1.29, 1.82) is 0 Å². The smallest absolute Gasteiger partial charge is 0.188 e. The van der Waals surface area contributed by atoms with E-state index in [1.54, 1.807) is 7.11 Å². The first-order valence-electron chi connectivity index (χ1n) is 7.02. The van der Waals surface area contributed by atoms with Crippen LogP contribution in [0.3, 0.4) is 0 Å². The molecule has 1 unspecified atom stereocenters. The standard InChI is InChI=1S/C18H22O2/c1-15(11-16-7-4-3-5-8-16)12-17-9-6-10-18(13-17)20-14-19-2/h3-10,13,15H,11-12,14H2,1-2H3. The molecule has 2 aromatic carbocycles. The fourth-order valence-electron chi connectivity index (χ4n) is 2.38. The van der Waals surface area contributed by atoms with E-state index < -0.39 is 0 Å². The lowest BCUT2D eigenvalue weighted by atomic mass is 9.94. The highest BCUT2D eigenvalue weighted by atomic mass is 16.7. The minimum Gasteiger partial charge on any atom is -0.468 e. The van der Waals surface area contributed by atoms with Crippen molar-refractivity contribution in [2.75, 3.05) is 13.9 Å². The van der Waals surface area contributed by atoms with Crippen LogP contribution in [0.1, 0.15) is 18.1 Å². The van der Waals surface area contributed by atoms with Gasteiger partial charge in [-0.3, -0.25) is 0 Å². The maximum Gasteiger partial charge on any atom is 0.188 e. The van der Waals surface area contributed by atoms with Gasteiger partial charge in [-0.1, -0.05) is 49.4 Å². The molecule has 20 heavy (non-hydrogen) atoms. The van der Waals surface area contributed by atoms with Crippen molar-refractivity contribution in [3.8, 4) is 5.75 Å². The van der Waals surface area contributed by atoms with Crippen LogP contribution in [0.5, 0.6) is 5.75 Å². The highest BCUT2D eigenvalue weighted by Crippen LogP contribution is 2.18. The van der Waals surface area contributed by atoms with Crippen molar-refractivity contribution in [3.05, 3.63) is 65.7 Å². The fourth-order valence-corrected chi connectivity index (χ4v) is 2.38. The second-order valence-electron chi connectivity index (χ2n) is 5.20. The van der Waals surface area contributed by atoms with Gasteiger partial charge in [0.15, 0.2) is 6.79 Å². The molecule has 2 heteroatoms. The van der Waals surface area contributed by atoms with Crippen LogP contribution in [0, 0.1) is 5.92 Å². The van der Waals surface area contributed by atoms with Crippen LogP contribution < -0.4 is 4.74 Å². The summed E-state index contributed by atoms with van der Waals surface area (Å²) in [5.41, 5.74) is 2.70. The Labute approximate surface area is 121 Å². The SMILES string of the molecule is COCOc1cccc(CC(C)Cc2ccccc2)c1. The number of hydrogen-bond donors (Lipinski definition) is 0. The molecule has 0 aliphatic carbocycles. The van der Waals surface area contributed by atoms with Gasteiger partial charge in [-0.2, -0.15) is 0 Å². The van der Waals surface area contributed by atoms with Gasteiger partial charge in [0.1, 0.15) is 5.75 Å². The molecule has 0 bridgehead atoms. The van der Waals surface area contributed by atoms with Gasteiger partial charge in [0.2, 0.25) is 0 Å². The van der Waals surface area contributed by atoms with Gasteiger partial charge >= 0.3 is 0 Å². The molecule has 106 valence electrons. The van der Waals surface area contributed by atoms with Gasteiger partial charge in [0.05, 0.1) is 0 Å². The van der Waals surface area contributed by atoms with E-state index in [9.17, 15) is 0 Å². The molecule has 0 radical (unpaired) electrons. The first kappa shape index (κ1) is 14.6. The van der Waals surface area contributed by atoms with Crippen LogP contribution in [0.15, 0.2) is 54.6 Å². The zero-order valence-electron chi connectivity index (χ0n) is 12.2. The van der Waals surface area contributed by atoms with Gasteiger partial charge in [-0.15, -0.1) is 0 Å². The van der Waals surface area contributed by atoms with Crippen LogP contribution >= 0.6 is 0 Å². The molecule has 1 atom stereocenters. The molecule has 0 amide bonds. The molecular formula is C18H22O2. The zero-order chi connectivity index (χ0) is 14.2. The Kier molecular flexibility index (Phi) is 5.63. The molecule has 0 aromatic heterocycles. The number of methoxy groups -OCH3 is 1. The van der Waals surface area contributed by atoms with Crippen molar-refractivity contribution in [3.63, 3.8) is 0 Å². The summed E-state index contributed by atoms with van der Waals surface area (Å²) in [5.74, 6) is 1.48. The summed E-state index contributed by atoms with van der Waals surface area (Å²) in [6.07, 6.45) is 2.16. The van der Waals surface area contributed by atoms with Gasteiger partial charge in [-0.25, -0.2) is 0 Å². The topological polar surface area (TPSA) is 18.5 Å². The lowest BCUT2D eigenvalue weighted by molar-refractivity contribution is 0.0511. The van der Waals surface area contributed by atoms with Gasteiger partial charge in [0, 0.05) is 7.11 Å². The van der Waals surface area contributed by atoms with E-state index in [-0.39, 0.29) is 0 Å². The Morgan fingerprint density at radius 2 is 1.60 bits per heavy atom. The summed E-state index contributed by atoms with van der Waals surface area (Å²) in [6.45, 7) is 2.58.